The molecule has 0 radical (unpaired) electrons. The van der Waals surface area contributed by atoms with E-state index in [-0.39, 0.29) is 18.0 Å². The third-order valence-corrected chi connectivity index (χ3v) is 6.24. The van der Waals surface area contributed by atoms with E-state index >= 15 is 0 Å². The molecule has 3 aromatic rings. The summed E-state index contributed by atoms with van der Waals surface area (Å²) in [6.07, 6.45) is 5.52. The average molecular weight is 441 g/mol. The highest BCUT2D eigenvalue weighted by Gasteiger charge is 2.21. The van der Waals surface area contributed by atoms with Gasteiger partial charge in [0.1, 0.15) is 18.2 Å². The van der Waals surface area contributed by atoms with E-state index < -0.39 is 5.91 Å². The van der Waals surface area contributed by atoms with Crippen molar-refractivity contribution in [2.45, 2.75) is 33.2 Å². The van der Waals surface area contributed by atoms with Crippen LogP contribution in [-0.2, 0) is 16.1 Å². The molecule has 1 aromatic heterocycles. The van der Waals surface area contributed by atoms with E-state index in [1.165, 1.54) is 0 Å². The van der Waals surface area contributed by atoms with Gasteiger partial charge in [0.2, 0.25) is 5.91 Å². The number of carbonyl (C=O) groups is 2. The van der Waals surface area contributed by atoms with E-state index in [0.717, 1.165) is 48.0 Å². The number of likely N-dealkylation sites (tertiary alicyclic amines) is 1. The molecular weight excluding hydrogens is 412 g/mol. The van der Waals surface area contributed by atoms with Crippen LogP contribution in [0, 0.1) is 24.2 Å². The van der Waals surface area contributed by atoms with Crippen molar-refractivity contribution in [1.82, 2.24) is 9.47 Å². The summed E-state index contributed by atoms with van der Waals surface area (Å²) in [6, 6.07) is 17.2. The first kappa shape index (κ1) is 22.3. The van der Waals surface area contributed by atoms with Gasteiger partial charge in [0.05, 0.1) is 0 Å². The Morgan fingerprint density at radius 1 is 1.12 bits per heavy atom. The van der Waals surface area contributed by atoms with Crippen LogP contribution in [0.2, 0.25) is 0 Å². The first-order valence-corrected chi connectivity index (χ1v) is 11.3. The van der Waals surface area contributed by atoms with E-state index in [4.69, 9.17) is 0 Å². The Labute approximate surface area is 194 Å². The molecule has 0 bridgehead atoms. The van der Waals surface area contributed by atoms with Crippen LogP contribution in [0.5, 0.6) is 0 Å². The SMILES string of the molecule is Cc1ccc(NC(=O)/C(C#N)=C/c2cn(CC(=O)N3CCC(C)CC3)c3ccccc23)cc1. The second-order valence-corrected chi connectivity index (χ2v) is 8.78. The highest BCUT2D eigenvalue weighted by molar-refractivity contribution is 6.10. The van der Waals surface area contributed by atoms with Gasteiger partial charge in [-0.25, -0.2) is 0 Å². The van der Waals surface area contributed by atoms with Gasteiger partial charge in [-0.1, -0.05) is 42.8 Å². The minimum atomic E-state index is -0.461. The van der Waals surface area contributed by atoms with Crippen molar-refractivity contribution in [1.29, 1.82) is 5.26 Å². The number of aryl methyl sites for hydroxylation is 1. The minimum Gasteiger partial charge on any atom is -0.341 e. The Hall–Kier alpha value is -3.85. The van der Waals surface area contributed by atoms with Crippen LogP contribution in [0.1, 0.15) is 30.9 Å². The second kappa shape index (κ2) is 9.74. The van der Waals surface area contributed by atoms with Crippen LogP contribution in [0.4, 0.5) is 5.69 Å². The van der Waals surface area contributed by atoms with E-state index in [1.54, 1.807) is 18.2 Å². The molecule has 0 aliphatic carbocycles. The maximum Gasteiger partial charge on any atom is 0.266 e. The summed E-state index contributed by atoms with van der Waals surface area (Å²) in [4.78, 5) is 27.6. The minimum absolute atomic E-state index is 0.00910. The molecule has 1 aliphatic heterocycles. The number of nitrogens with zero attached hydrogens (tertiary/aromatic N) is 3. The Bertz CT molecular complexity index is 1240. The van der Waals surface area contributed by atoms with Crippen LogP contribution < -0.4 is 5.32 Å². The third kappa shape index (κ3) is 5.15. The number of hydrogen-bond donors (Lipinski definition) is 1. The van der Waals surface area contributed by atoms with Gasteiger partial charge in [0.15, 0.2) is 0 Å². The zero-order chi connectivity index (χ0) is 23.4. The van der Waals surface area contributed by atoms with Gasteiger partial charge < -0.3 is 14.8 Å². The van der Waals surface area contributed by atoms with Crippen LogP contribution in [-0.4, -0.2) is 34.4 Å². The fourth-order valence-corrected chi connectivity index (χ4v) is 4.16. The Balaban J connectivity index is 1.58. The summed E-state index contributed by atoms with van der Waals surface area (Å²) in [5, 5.41) is 13.3. The lowest BCUT2D eigenvalue weighted by Gasteiger charge is -2.30. The lowest BCUT2D eigenvalue weighted by Crippen LogP contribution is -2.39. The summed E-state index contributed by atoms with van der Waals surface area (Å²) in [5.41, 5.74) is 3.37. The number of para-hydroxylation sites is 1. The van der Waals surface area contributed by atoms with Gasteiger partial charge in [-0.05, 0) is 50.0 Å². The number of hydrogen-bond acceptors (Lipinski definition) is 3. The summed E-state index contributed by atoms with van der Waals surface area (Å²) in [5.74, 6) is 0.293. The molecule has 168 valence electrons. The predicted molar refractivity (Wildman–Crippen MR) is 130 cm³/mol. The standard InChI is InChI=1S/C27H28N4O2/c1-19-7-9-23(10-8-19)29-27(33)21(16-28)15-22-17-31(25-6-4-3-5-24(22)25)18-26(32)30-13-11-20(2)12-14-30/h3-10,15,17,20H,11-14,18H2,1-2H3,(H,29,33)/b21-15+. The molecule has 2 amide bonds. The quantitative estimate of drug-likeness (QED) is 0.459. The van der Waals surface area contributed by atoms with Gasteiger partial charge in [0.25, 0.3) is 5.91 Å². The first-order valence-electron chi connectivity index (χ1n) is 11.3. The molecular formula is C27H28N4O2. The predicted octanol–water partition coefficient (Wildman–Crippen LogP) is 4.75. The summed E-state index contributed by atoms with van der Waals surface area (Å²) in [7, 11) is 0. The molecule has 6 heteroatoms. The molecule has 0 atom stereocenters. The molecule has 4 rings (SSSR count). The zero-order valence-corrected chi connectivity index (χ0v) is 19.0. The van der Waals surface area contributed by atoms with Gasteiger partial charge in [0, 0.05) is 41.4 Å². The van der Waals surface area contributed by atoms with Crippen LogP contribution in [0.25, 0.3) is 17.0 Å². The smallest absolute Gasteiger partial charge is 0.266 e. The summed E-state index contributed by atoms with van der Waals surface area (Å²) < 4.78 is 1.91. The number of rotatable bonds is 5. The van der Waals surface area contributed by atoms with Gasteiger partial charge >= 0.3 is 0 Å². The number of amides is 2. The monoisotopic (exact) mass is 440 g/mol. The van der Waals surface area contributed by atoms with Crippen molar-refractivity contribution in [2.75, 3.05) is 18.4 Å². The fraction of sp³-hybridized carbons (Fsp3) is 0.296. The normalized spacial score (nSPS) is 14.8. The number of aromatic nitrogens is 1. The lowest BCUT2D eigenvalue weighted by molar-refractivity contribution is -0.133. The molecule has 0 spiro atoms. The van der Waals surface area contributed by atoms with Crippen molar-refractivity contribution >= 4 is 34.5 Å². The zero-order valence-electron chi connectivity index (χ0n) is 19.0. The fourth-order valence-electron chi connectivity index (χ4n) is 4.16. The van der Waals surface area contributed by atoms with Crippen molar-refractivity contribution in [3.8, 4) is 6.07 Å². The van der Waals surface area contributed by atoms with Gasteiger partial charge in [-0.15, -0.1) is 0 Å². The van der Waals surface area contributed by atoms with Crippen molar-refractivity contribution in [3.63, 3.8) is 0 Å². The maximum absolute atomic E-state index is 12.9. The Morgan fingerprint density at radius 2 is 1.82 bits per heavy atom. The molecule has 1 fully saturated rings. The van der Waals surface area contributed by atoms with E-state index in [9.17, 15) is 14.9 Å². The number of nitriles is 1. The molecule has 1 saturated heterocycles. The first-order chi connectivity index (χ1) is 15.9. The molecule has 2 heterocycles. The van der Waals surface area contributed by atoms with Crippen LogP contribution in [0.15, 0.2) is 60.3 Å². The van der Waals surface area contributed by atoms with E-state index in [0.29, 0.717) is 11.6 Å². The second-order valence-electron chi connectivity index (χ2n) is 8.78. The highest BCUT2D eigenvalue weighted by atomic mass is 16.2. The number of carbonyl (C=O) groups excluding carboxylic acids is 2. The molecule has 0 saturated carbocycles. The Morgan fingerprint density at radius 3 is 2.52 bits per heavy atom. The molecule has 0 unspecified atom stereocenters. The van der Waals surface area contributed by atoms with Crippen molar-refractivity contribution < 1.29 is 9.59 Å². The number of piperidine rings is 1. The van der Waals surface area contributed by atoms with Gasteiger partial charge in [-0.2, -0.15) is 5.26 Å². The Kier molecular flexibility index (Phi) is 6.60. The number of benzene rings is 2. The number of anilines is 1. The van der Waals surface area contributed by atoms with E-state index in [2.05, 4.69) is 12.2 Å². The van der Waals surface area contributed by atoms with E-state index in [1.807, 2.05) is 65.1 Å². The largest absolute Gasteiger partial charge is 0.341 e. The molecule has 6 nitrogen and oxygen atoms in total. The molecule has 2 aromatic carbocycles. The third-order valence-electron chi connectivity index (χ3n) is 6.24. The molecule has 33 heavy (non-hydrogen) atoms. The van der Waals surface area contributed by atoms with Crippen LogP contribution >= 0.6 is 0 Å². The highest BCUT2D eigenvalue weighted by Crippen LogP contribution is 2.25. The molecule has 1 N–H and O–H groups in total. The summed E-state index contributed by atoms with van der Waals surface area (Å²) in [6.45, 7) is 6.02. The lowest BCUT2D eigenvalue weighted by atomic mass is 9.99. The number of nitrogens with one attached hydrogen (secondary N) is 1. The average Bonchev–Trinajstić information content (AvgIpc) is 3.16. The maximum atomic E-state index is 12.9. The topological polar surface area (TPSA) is 78.1 Å². The van der Waals surface area contributed by atoms with Crippen LogP contribution in [0.3, 0.4) is 0 Å². The number of fused-ring (bicyclic) bond motifs is 1. The molecule has 1 aliphatic rings. The van der Waals surface area contributed by atoms with Gasteiger partial charge in [-0.3, -0.25) is 9.59 Å². The van der Waals surface area contributed by atoms with Crippen molar-refractivity contribution in [2.24, 2.45) is 5.92 Å². The summed E-state index contributed by atoms with van der Waals surface area (Å²) >= 11 is 0. The van der Waals surface area contributed by atoms with Crippen molar-refractivity contribution in [3.05, 3.63) is 71.4 Å².